The molecule has 0 aliphatic heterocycles. The van der Waals surface area contributed by atoms with Crippen LogP contribution < -0.4 is 5.73 Å². The standard InChI is InChI=1S/C8H8BrCl2N.ClH/c9-5-3-7(10)6(1-2-12)8(11)4-5;/h3-4H,1-2,12H2;1H. The van der Waals surface area contributed by atoms with Gasteiger partial charge in [-0.1, -0.05) is 39.1 Å². The Bertz CT molecular complexity index is 268. The van der Waals surface area contributed by atoms with Crippen LogP contribution in [-0.4, -0.2) is 6.54 Å². The minimum Gasteiger partial charge on any atom is -0.330 e. The van der Waals surface area contributed by atoms with Crippen LogP contribution in [0, 0.1) is 0 Å². The zero-order chi connectivity index (χ0) is 9.14. The van der Waals surface area contributed by atoms with Gasteiger partial charge < -0.3 is 5.73 Å². The maximum absolute atomic E-state index is 5.94. The molecular weight excluding hydrogens is 296 g/mol. The zero-order valence-corrected chi connectivity index (χ0v) is 10.6. The lowest BCUT2D eigenvalue weighted by atomic mass is 10.1. The lowest BCUT2D eigenvalue weighted by molar-refractivity contribution is 0.969. The van der Waals surface area contributed by atoms with Crippen molar-refractivity contribution in [2.24, 2.45) is 5.73 Å². The highest BCUT2D eigenvalue weighted by atomic mass is 79.9. The van der Waals surface area contributed by atoms with E-state index in [4.69, 9.17) is 28.9 Å². The van der Waals surface area contributed by atoms with Crippen molar-refractivity contribution in [3.05, 3.63) is 32.2 Å². The van der Waals surface area contributed by atoms with Crippen LogP contribution in [-0.2, 0) is 6.42 Å². The Morgan fingerprint density at radius 3 is 2.08 bits per heavy atom. The van der Waals surface area contributed by atoms with E-state index in [-0.39, 0.29) is 12.4 Å². The third-order valence-electron chi connectivity index (χ3n) is 1.50. The lowest BCUT2D eigenvalue weighted by Gasteiger charge is -2.05. The normalized spacial score (nSPS) is 9.54. The molecule has 2 N–H and O–H groups in total. The molecule has 1 rings (SSSR count). The van der Waals surface area contributed by atoms with E-state index in [0.29, 0.717) is 23.0 Å². The van der Waals surface area contributed by atoms with Crippen LogP contribution in [0.4, 0.5) is 0 Å². The summed E-state index contributed by atoms with van der Waals surface area (Å²) in [4.78, 5) is 0. The summed E-state index contributed by atoms with van der Waals surface area (Å²) in [6.07, 6.45) is 0.713. The Kier molecular flexibility index (Phi) is 6.34. The average Bonchev–Trinajstić information content (AvgIpc) is 1.96. The second-order valence-corrected chi connectivity index (χ2v) is 4.12. The van der Waals surface area contributed by atoms with Gasteiger partial charge in [0, 0.05) is 14.5 Å². The van der Waals surface area contributed by atoms with Gasteiger partial charge in [0.15, 0.2) is 0 Å². The van der Waals surface area contributed by atoms with Crippen molar-refractivity contribution in [2.75, 3.05) is 6.54 Å². The number of hydrogen-bond donors (Lipinski definition) is 1. The summed E-state index contributed by atoms with van der Waals surface area (Å²) < 4.78 is 0.887. The Morgan fingerprint density at radius 1 is 1.23 bits per heavy atom. The van der Waals surface area contributed by atoms with Crippen molar-refractivity contribution in [1.82, 2.24) is 0 Å². The summed E-state index contributed by atoms with van der Waals surface area (Å²) >= 11 is 15.2. The van der Waals surface area contributed by atoms with Crippen molar-refractivity contribution in [2.45, 2.75) is 6.42 Å². The molecule has 0 aromatic heterocycles. The summed E-state index contributed by atoms with van der Waals surface area (Å²) in [7, 11) is 0. The summed E-state index contributed by atoms with van der Waals surface area (Å²) in [6.45, 7) is 0.557. The first-order valence-electron chi connectivity index (χ1n) is 3.48. The van der Waals surface area contributed by atoms with E-state index in [0.717, 1.165) is 10.0 Å². The third-order valence-corrected chi connectivity index (χ3v) is 2.63. The molecule has 1 aromatic rings. The first-order valence-corrected chi connectivity index (χ1v) is 5.03. The van der Waals surface area contributed by atoms with E-state index in [1.54, 1.807) is 0 Å². The van der Waals surface area contributed by atoms with Gasteiger partial charge in [-0.15, -0.1) is 12.4 Å². The van der Waals surface area contributed by atoms with Crippen LogP contribution in [0.3, 0.4) is 0 Å². The Morgan fingerprint density at radius 2 is 1.69 bits per heavy atom. The molecule has 0 heterocycles. The highest BCUT2D eigenvalue weighted by Crippen LogP contribution is 2.29. The maximum atomic E-state index is 5.94. The van der Waals surface area contributed by atoms with Crippen LogP contribution >= 0.6 is 51.5 Å². The molecular formula is C8H9BrCl3N. The van der Waals surface area contributed by atoms with Gasteiger partial charge in [-0.05, 0) is 30.7 Å². The molecule has 1 nitrogen and oxygen atoms in total. The number of rotatable bonds is 2. The number of benzene rings is 1. The van der Waals surface area contributed by atoms with E-state index in [9.17, 15) is 0 Å². The second kappa shape index (κ2) is 6.10. The van der Waals surface area contributed by atoms with Crippen LogP contribution in [0.5, 0.6) is 0 Å². The van der Waals surface area contributed by atoms with Gasteiger partial charge in [-0.25, -0.2) is 0 Å². The molecule has 0 amide bonds. The highest BCUT2D eigenvalue weighted by molar-refractivity contribution is 9.10. The molecule has 13 heavy (non-hydrogen) atoms. The number of halogens is 4. The fraction of sp³-hybridized carbons (Fsp3) is 0.250. The predicted molar refractivity (Wildman–Crippen MR) is 64.2 cm³/mol. The Hall–Kier alpha value is 0.530. The van der Waals surface area contributed by atoms with E-state index in [1.807, 2.05) is 12.1 Å². The van der Waals surface area contributed by atoms with Crippen molar-refractivity contribution in [1.29, 1.82) is 0 Å². The van der Waals surface area contributed by atoms with Crippen molar-refractivity contribution >= 4 is 51.5 Å². The molecule has 5 heteroatoms. The molecule has 0 saturated carbocycles. The first-order chi connectivity index (χ1) is 5.65. The van der Waals surface area contributed by atoms with Gasteiger partial charge in [0.05, 0.1) is 0 Å². The van der Waals surface area contributed by atoms with E-state index >= 15 is 0 Å². The van der Waals surface area contributed by atoms with Crippen molar-refractivity contribution in [3.63, 3.8) is 0 Å². The smallest absolute Gasteiger partial charge is 0.0464 e. The minimum atomic E-state index is 0. The molecule has 0 aliphatic carbocycles. The second-order valence-electron chi connectivity index (χ2n) is 2.39. The number of nitrogens with two attached hydrogens (primary N) is 1. The van der Waals surface area contributed by atoms with Gasteiger partial charge >= 0.3 is 0 Å². The Labute approximate surface area is 102 Å². The van der Waals surface area contributed by atoms with E-state index < -0.39 is 0 Å². The van der Waals surface area contributed by atoms with Crippen LogP contribution in [0.25, 0.3) is 0 Å². The summed E-state index contributed by atoms with van der Waals surface area (Å²) in [5, 5.41) is 1.33. The monoisotopic (exact) mass is 303 g/mol. The zero-order valence-electron chi connectivity index (χ0n) is 6.69. The molecule has 74 valence electrons. The molecule has 0 atom stereocenters. The summed E-state index contributed by atoms with van der Waals surface area (Å²) in [5.74, 6) is 0. The van der Waals surface area contributed by atoms with Crippen LogP contribution in [0.15, 0.2) is 16.6 Å². The highest BCUT2D eigenvalue weighted by Gasteiger charge is 2.05. The molecule has 0 radical (unpaired) electrons. The van der Waals surface area contributed by atoms with Gasteiger partial charge in [-0.3, -0.25) is 0 Å². The third kappa shape index (κ3) is 3.64. The maximum Gasteiger partial charge on any atom is 0.0464 e. The van der Waals surface area contributed by atoms with Gasteiger partial charge in [0.1, 0.15) is 0 Å². The van der Waals surface area contributed by atoms with Gasteiger partial charge in [-0.2, -0.15) is 0 Å². The van der Waals surface area contributed by atoms with E-state index in [1.165, 1.54) is 0 Å². The topological polar surface area (TPSA) is 26.0 Å². The minimum absolute atomic E-state index is 0. The average molecular weight is 305 g/mol. The Balaban J connectivity index is 0.00000144. The molecule has 0 fully saturated rings. The van der Waals surface area contributed by atoms with Crippen molar-refractivity contribution < 1.29 is 0 Å². The fourth-order valence-corrected chi connectivity index (χ4v) is 2.35. The van der Waals surface area contributed by atoms with Crippen molar-refractivity contribution in [3.8, 4) is 0 Å². The fourth-order valence-electron chi connectivity index (χ4n) is 0.955. The SMILES string of the molecule is Cl.NCCc1c(Cl)cc(Br)cc1Cl. The molecule has 0 saturated heterocycles. The molecule has 0 spiro atoms. The predicted octanol–water partition coefficient (Wildman–Crippen LogP) is 3.68. The van der Waals surface area contributed by atoms with E-state index in [2.05, 4.69) is 15.9 Å². The molecule has 0 bridgehead atoms. The summed E-state index contributed by atoms with van der Waals surface area (Å²) in [5.41, 5.74) is 6.33. The summed E-state index contributed by atoms with van der Waals surface area (Å²) in [6, 6.07) is 3.64. The van der Waals surface area contributed by atoms with Crippen LogP contribution in [0.2, 0.25) is 10.0 Å². The largest absolute Gasteiger partial charge is 0.330 e. The molecule has 1 aromatic carbocycles. The molecule has 0 unspecified atom stereocenters. The van der Waals surface area contributed by atoms with Gasteiger partial charge in [0.2, 0.25) is 0 Å². The lowest BCUT2D eigenvalue weighted by Crippen LogP contribution is -2.03. The first kappa shape index (κ1) is 13.5. The molecule has 0 aliphatic rings. The van der Waals surface area contributed by atoms with Gasteiger partial charge in [0.25, 0.3) is 0 Å². The number of hydrogen-bond acceptors (Lipinski definition) is 1. The quantitative estimate of drug-likeness (QED) is 0.886. The van der Waals surface area contributed by atoms with Crippen LogP contribution in [0.1, 0.15) is 5.56 Å².